The number of hydrogen-bond acceptors (Lipinski definition) is 5. The van der Waals surface area contributed by atoms with Crippen LogP contribution in [0.2, 0.25) is 0 Å². The molecule has 1 aliphatic heterocycles. The number of aromatic nitrogens is 2. The topological polar surface area (TPSA) is 79.5 Å². The molecule has 7 heteroatoms. The molecule has 3 amide bonds. The molecule has 1 saturated heterocycles. The van der Waals surface area contributed by atoms with Gasteiger partial charge in [0.25, 0.3) is 5.91 Å². The van der Waals surface area contributed by atoms with Crippen LogP contribution >= 0.6 is 0 Å². The summed E-state index contributed by atoms with van der Waals surface area (Å²) in [5.74, 6) is 0.601. The van der Waals surface area contributed by atoms with Crippen molar-refractivity contribution in [3.05, 3.63) is 41.5 Å². The third kappa shape index (κ3) is 2.89. The minimum absolute atomic E-state index is 0.00107. The van der Waals surface area contributed by atoms with E-state index in [0.29, 0.717) is 17.9 Å². The van der Waals surface area contributed by atoms with E-state index in [-0.39, 0.29) is 24.4 Å². The van der Waals surface area contributed by atoms with Crippen molar-refractivity contribution in [2.45, 2.75) is 46.2 Å². The molecular formula is C17H20N4O3. The molecule has 1 atom stereocenters. The molecule has 1 aromatic carbocycles. The molecule has 0 aliphatic carbocycles. The zero-order valence-corrected chi connectivity index (χ0v) is 14.0. The highest BCUT2D eigenvalue weighted by Gasteiger charge is 2.43. The molecule has 24 heavy (non-hydrogen) atoms. The number of benzene rings is 1. The van der Waals surface area contributed by atoms with Gasteiger partial charge in [0, 0.05) is 12.1 Å². The summed E-state index contributed by atoms with van der Waals surface area (Å²) in [6.45, 7) is 5.71. The fourth-order valence-electron chi connectivity index (χ4n) is 2.73. The molecule has 0 N–H and O–H groups in total. The molecule has 0 saturated carbocycles. The lowest BCUT2D eigenvalue weighted by Gasteiger charge is -2.19. The van der Waals surface area contributed by atoms with E-state index in [9.17, 15) is 9.59 Å². The zero-order chi connectivity index (χ0) is 17.3. The lowest BCUT2D eigenvalue weighted by atomic mass is 10.2. The number of urea groups is 1. The van der Waals surface area contributed by atoms with Gasteiger partial charge in [-0.3, -0.25) is 14.6 Å². The molecule has 126 valence electrons. The van der Waals surface area contributed by atoms with Gasteiger partial charge in [-0.05, 0) is 32.4 Å². The van der Waals surface area contributed by atoms with E-state index in [4.69, 9.17) is 4.52 Å². The van der Waals surface area contributed by atoms with Crippen LogP contribution in [-0.4, -0.2) is 33.0 Å². The summed E-state index contributed by atoms with van der Waals surface area (Å²) >= 11 is 0. The molecule has 2 heterocycles. The van der Waals surface area contributed by atoms with E-state index in [1.54, 1.807) is 6.92 Å². The van der Waals surface area contributed by atoms with Crippen LogP contribution in [0.3, 0.4) is 0 Å². The highest BCUT2D eigenvalue weighted by molar-refractivity contribution is 6.13. The molecule has 0 spiro atoms. The molecule has 1 unspecified atom stereocenters. The molecule has 1 aromatic heterocycles. The Morgan fingerprint density at radius 1 is 1.21 bits per heavy atom. The highest BCUT2D eigenvalue weighted by Crippen LogP contribution is 2.27. The Labute approximate surface area is 140 Å². The van der Waals surface area contributed by atoms with Crippen molar-refractivity contribution in [3.63, 3.8) is 0 Å². The summed E-state index contributed by atoms with van der Waals surface area (Å²) in [5.41, 5.74) is 1.79. The van der Waals surface area contributed by atoms with Crippen molar-refractivity contribution in [3.8, 4) is 0 Å². The first kappa shape index (κ1) is 16.2. The van der Waals surface area contributed by atoms with Gasteiger partial charge in [-0.15, -0.1) is 0 Å². The second-order valence-electron chi connectivity index (χ2n) is 5.94. The fraction of sp³-hybridized carbons (Fsp3) is 0.412. The molecule has 1 fully saturated rings. The molecule has 0 radical (unpaired) electrons. The SMILES string of the molecule is CCCc1noc(CN2C(=O)C(C)N(c3ccc(C)cc3)C2=O)n1. The smallest absolute Gasteiger partial charge is 0.332 e. The summed E-state index contributed by atoms with van der Waals surface area (Å²) in [5, 5.41) is 3.85. The first-order valence-corrected chi connectivity index (χ1v) is 8.04. The number of anilines is 1. The molecular weight excluding hydrogens is 308 g/mol. The van der Waals surface area contributed by atoms with Crippen molar-refractivity contribution < 1.29 is 14.1 Å². The monoisotopic (exact) mass is 328 g/mol. The van der Waals surface area contributed by atoms with Crippen LogP contribution in [0.5, 0.6) is 0 Å². The second kappa shape index (κ2) is 6.43. The summed E-state index contributed by atoms with van der Waals surface area (Å²) in [6.07, 6.45) is 1.61. The first-order chi connectivity index (χ1) is 11.5. The minimum Gasteiger partial charge on any atom is -0.337 e. The van der Waals surface area contributed by atoms with Gasteiger partial charge in [-0.2, -0.15) is 4.98 Å². The number of imide groups is 1. The average molecular weight is 328 g/mol. The summed E-state index contributed by atoms with van der Waals surface area (Å²) in [6, 6.07) is 6.58. The number of nitrogens with zero attached hydrogens (tertiary/aromatic N) is 4. The van der Waals surface area contributed by atoms with Gasteiger partial charge in [-0.1, -0.05) is 29.8 Å². The highest BCUT2D eigenvalue weighted by atomic mass is 16.5. The third-order valence-corrected chi connectivity index (χ3v) is 4.04. The van der Waals surface area contributed by atoms with Gasteiger partial charge in [0.1, 0.15) is 12.6 Å². The van der Waals surface area contributed by atoms with E-state index < -0.39 is 6.04 Å². The average Bonchev–Trinajstić information content (AvgIpc) is 3.08. The lowest BCUT2D eigenvalue weighted by molar-refractivity contribution is -0.127. The van der Waals surface area contributed by atoms with Crippen LogP contribution in [0.15, 0.2) is 28.8 Å². The van der Waals surface area contributed by atoms with Crippen LogP contribution in [-0.2, 0) is 17.8 Å². The summed E-state index contributed by atoms with van der Waals surface area (Å²) in [4.78, 5) is 32.0. The summed E-state index contributed by atoms with van der Waals surface area (Å²) < 4.78 is 5.14. The number of amides is 3. The third-order valence-electron chi connectivity index (χ3n) is 4.04. The van der Waals surface area contributed by atoms with Crippen LogP contribution < -0.4 is 4.90 Å². The Balaban J connectivity index is 1.80. The largest absolute Gasteiger partial charge is 0.337 e. The number of carbonyl (C=O) groups is 2. The molecule has 0 bridgehead atoms. The van der Waals surface area contributed by atoms with Crippen LogP contribution in [0.4, 0.5) is 10.5 Å². The zero-order valence-electron chi connectivity index (χ0n) is 14.0. The maximum atomic E-state index is 12.7. The van der Waals surface area contributed by atoms with Gasteiger partial charge >= 0.3 is 6.03 Å². The van der Waals surface area contributed by atoms with Crippen LogP contribution in [0.25, 0.3) is 0 Å². The molecule has 7 nitrogen and oxygen atoms in total. The molecule has 3 rings (SSSR count). The van der Waals surface area contributed by atoms with Gasteiger partial charge in [0.15, 0.2) is 5.82 Å². The Kier molecular flexibility index (Phi) is 4.33. The quantitative estimate of drug-likeness (QED) is 0.788. The standard InChI is InChI=1S/C17H20N4O3/c1-4-5-14-18-15(24-19-14)10-20-16(22)12(3)21(17(20)23)13-8-6-11(2)7-9-13/h6-9,12H,4-5,10H2,1-3H3. The minimum atomic E-state index is -0.557. The van der Waals surface area contributed by atoms with E-state index in [1.165, 1.54) is 4.90 Å². The number of hydrogen-bond donors (Lipinski definition) is 0. The van der Waals surface area contributed by atoms with Crippen molar-refractivity contribution >= 4 is 17.6 Å². The van der Waals surface area contributed by atoms with Crippen molar-refractivity contribution in [2.24, 2.45) is 0 Å². The Morgan fingerprint density at radius 2 is 1.92 bits per heavy atom. The van der Waals surface area contributed by atoms with Crippen LogP contribution in [0.1, 0.15) is 37.5 Å². The molecule has 1 aliphatic rings. The van der Waals surface area contributed by atoms with Gasteiger partial charge in [0.2, 0.25) is 5.89 Å². The van der Waals surface area contributed by atoms with E-state index >= 15 is 0 Å². The first-order valence-electron chi connectivity index (χ1n) is 8.04. The predicted molar refractivity (Wildman–Crippen MR) is 87.4 cm³/mol. The van der Waals surface area contributed by atoms with Crippen molar-refractivity contribution in [1.29, 1.82) is 0 Å². The second-order valence-corrected chi connectivity index (χ2v) is 5.94. The summed E-state index contributed by atoms with van der Waals surface area (Å²) in [7, 11) is 0. The van der Waals surface area contributed by atoms with E-state index in [1.807, 2.05) is 38.1 Å². The number of carbonyl (C=O) groups excluding carboxylic acids is 2. The predicted octanol–water partition coefficient (Wildman–Crippen LogP) is 2.69. The Hall–Kier alpha value is -2.70. The van der Waals surface area contributed by atoms with E-state index in [2.05, 4.69) is 10.1 Å². The Morgan fingerprint density at radius 3 is 2.58 bits per heavy atom. The lowest BCUT2D eigenvalue weighted by Crippen LogP contribution is -2.33. The maximum Gasteiger partial charge on any atom is 0.332 e. The maximum absolute atomic E-state index is 12.7. The number of aryl methyl sites for hydroxylation is 2. The van der Waals surface area contributed by atoms with Crippen molar-refractivity contribution in [1.82, 2.24) is 15.0 Å². The van der Waals surface area contributed by atoms with Gasteiger partial charge in [0.05, 0.1) is 0 Å². The molecule has 2 aromatic rings. The van der Waals surface area contributed by atoms with Crippen LogP contribution in [0, 0.1) is 6.92 Å². The number of rotatable bonds is 5. The van der Waals surface area contributed by atoms with Gasteiger partial charge in [-0.25, -0.2) is 4.79 Å². The van der Waals surface area contributed by atoms with Crippen molar-refractivity contribution in [2.75, 3.05) is 4.90 Å². The fourth-order valence-corrected chi connectivity index (χ4v) is 2.73. The Bertz CT molecular complexity index is 753. The van der Waals surface area contributed by atoms with E-state index in [0.717, 1.165) is 16.9 Å². The van der Waals surface area contributed by atoms with Gasteiger partial charge < -0.3 is 4.52 Å². The normalized spacial score (nSPS) is 17.9.